The number of piperazine rings is 1. The molecule has 6 aliphatic heterocycles. The number of benzene rings is 2. The Morgan fingerprint density at radius 1 is 1.05 bits per heavy atom. The molecule has 4 atom stereocenters. The average Bonchev–Trinajstić information content (AvgIpc) is 3.83. The maximum atomic E-state index is 17.0. The van der Waals surface area contributed by atoms with Gasteiger partial charge in [-0.1, -0.05) is 48.0 Å². The van der Waals surface area contributed by atoms with Crippen LogP contribution in [0.3, 0.4) is 0 Å². The third-order valence-electron chi connectivity index (χ3n) is 12.7. The topological polar surface area (TPSA) is 96.4 Å². The molecular formula is C41H44ClF2N7O4. The summed E-state index contributed by atoms with van der Waals surface area (Å²) in [6, 6.07) is 11.2. The number of amides is 1. The van der Waals surface area contributed by atoms with Crippen LogP contribution in [0.4, 0.5) is 14.6 Å². The van der Waals surface area contributed by atoms with Crippen molar-refractivity contribution < 1.29 is 27.8 Å². The number of hydrogen-bond donors (Lipinski definition) is 0. The van der Waals surface area contributed by atoms with Crippen LogP contribution in [0.15, 0.2) is 54.7 Å². The molecule has 2 unspecified atom stereocenters. The summed E-state index contributed by atoms with van der Waals surface area (Å²) < 4.78 is 49.8. The van der Waals surface area contributed by atoms with E-state index in [9.17, 15) is 9.18 Å². The number of hydrogen-bond acceptors (Lipinski definition) is 10. The van der Waals surface area contributed by atoms with Crippen molar-refractivity contribution in [1.82, 2.24) is 29.7 Å². The number of morpholine rings is 1. The quantitative estimate of drug-likeness (QED) is 0.216. The van der Waals surface area contributed by atoms with Gasteiger partial charge in [-0.15, -0.1) is 0 Å². The predicted octanol–water partition coefficient (Wildman–Crippen LogP) is 5.43. The second-order valence-electron chi connectivity index (χ2n) is 16.2. The number of likely N-dealkylation sites (tertiary alicyclic amines) is 1. The number of aromatic nitrogens is 3. The van der Waals surface area contributed by atoms with Gasteiger partial charge < -0.3 is 24.0 Å². The normalized spacial score (nSPS) is 27.8. The first-order valence-corrected chi connectivity index (χ1v) is 19.9. The third kappa shape index (κ3) is 6.23. The number of ether oxygens (including phenoxy) is 3. The molecule has 11 nitrogen and oxygen atoms in total. The molecule has 2 bridgehead atoms. The fraction of sp³-hybridized carbons (Fsp3) is 0.512. The summed E-state index contributed by atoms with van der Waals surface area (Å²) in [5, 5.41) is 2.49. The van der Waals surface area contributed by atoms with Crippen molar-refractivity contribution in [3.05, 3.63) is 65.6 Å². The maximum absolute atomic E-state index is 17.0. The lowest BCUT2D eigenvalue weighted by atomic mass is 9.91. The number of rotatable bonds is 8. The van der Waals surface area contributed by atoms with Crippen molar-refractivity contribution in [2.24, 2.45) is 0 Å². The molecule has 1 spiro atoms. The Hall–Kier alpha value is -4.01. The SMILES string of the molecule is O=C(/C=C/CN1CC2CCC(C1)O2)N1CCN(c2nc(OC[C@@]34CCCN3C[C@H](F)C4)nc3c(F)c(-c4cccc5cccc(Cl)c45)ncc23)CC12COC2. The highest BCUT2D eigenvalue weighted by Crippen LogP contribution is 2.42. The molecule has 2 aromatic carbocycles. The summed E-state index contributed by atoms with van der Waals surface area (Å²) in [5.41, 5.74) is -0.272. The number of carbonyl (C=O) groups excluding carboxylic acids is 1. The molecule has 1 amide bonds. The van der Waals surface area contributed by atoms with Crippen LogP contribution in [0.1, 0.15) is 32.1 Å². The van der Waals surface area contributed by atoms with E-state index in [0.717, 1.165) is 50.7 Å². The molecule has 6 aliphatic rings. The van der Waals surface area contributed by atoms with Crippen molar-refractivity contribution in [3.8, 4) is 17.3 Å². The van der Waals surface area contributed by atoms with Gasteiger partial charge in [0.15, 0.2) is 5.82 Å². The highest BCUT2D eigenvalue weighted by Gasteiger charge is 2.51. The van der Waals surface area contributed by atoms with E-state index in [2.05, 4.69) is 24.7 Å². The monoisotopic (exact) mass is 771 g/mol. The second kappa shape index (κ2) is 13.9. The minimum atomic E-state index is -0.917. The van der Waals surface area contributed by atoms with Gasteiger partial charge in [-0.25, -0.2) is 8.78 Å². The van der Waals surface area contributed by atoms with Crippen LogP contribution in [0.5, 0.6) is 6.01 Å². The van der Waals surface area contributed by atoms with Gasteiger partial charge in [0.25, 0.3) is 0 Å². The summed E-state index contributed by atoms with van der Waals surface area (Å²) in [4.78, 5) is 36.5. The summed E-state index contributed by atoms with van der Waals surface area (Å²) in [6.07, 6.45) is 9.33. The van der Waals surface area contributed by atoms with E-state index in [1.165, 1.54) is 0 Å². The molecule has 2 aromatic heterocycles. The number of nitrogens with zero attached hydrogens (tertiary/aromatic N) is 7. The Morgan fingerprint density at radius 2 is 1.87 bits per heavy atom. The van der Waals surface area contributed by atoms with Crippen molar-refractivity contribution in [2.75, 3.05) is 77.1 Å². The van der Waals surface area contributed by atoms with Gasteiger partial charge in [0.05, 0.1) is 36.3 Å². The van der Waals surface area contributed by atoms with Gasteiger partial charge in [0.2, 0.25) is 5.91 Å². The van der Waals surface area contributed by atoms with E-state index in [1.807, 2.05) is 41.3 Å². The number of anilines is 1. The number of carbonyl (C=O) groups is 1. The lowest BCUT2D eigenvalue weighted by Crippen LogP contribution is -2.72. The number of alkyl halides is 1. The number of halogens is 3. The Kier molecular flexibility index (Phi) is 8.93. The van der Waals surface area contributed by atoms with Crippen molar-refractivity contribution >= 4 is 45.0 Å². The van der Waals surface area contributed by atoms with E-state index in [-0.39, 0.29) is 29.7 Å². The molecular weight excluding hydrogens is 728 g/mol. The Morgan fingerprint density at radius 3 is 2.67 bits per heavy atom. The first-order chi connectivity index (χ1) is 26.8. The van der Waals surface area contributed by atoms with Crippen LogP contribution in [-0.4, -0.2) is 137 Å². The molecule has 6 fully saturated rings. The van der Waals surface area contributed by atoms with Crippen LogP contribution in [0.2, 0.25) is 5.02 Å². The highest BCUT2D eigenvalue weighted by molar-refractivity contribution is 6.36. The summed E-state index contributed by atoms with van der Waals surface area (Å²) in [5.74, 6) is -0.192. The molecule has 55 heavy (non-hydrogen) atoms. The van der Waals surface area contributed by atoms with E-state index in [4.69, 9.17) is 30.8 Å². The largest absolute Gasteiger partial charge is 0.461 e. The van der Waals surface area contributed by atoms with E-state index in [1.54, 1.807) is 18.3 Å². The maximum Gasteiger partial charge on any atom is 0.319 e. The molecule has 0 radical (unpaired) electrons. The Bertz CT molecular complexity index is 2170. The zero-order valence-electron chi connectivity index (χ0n) is 30.6. The van der Waals surface area contributed by atoms with Crippen molar-refractivity contribution in [1.29, 1.82) is 0 Å². The summed E-state index contributed by atoms with van der Waals surface area (Å²) in [7, 11) is 0. The van der Waals surface area contributed by atoms with Crippen LogP contribution in [0, 0.1) is 5.82 Å². The van der Waals surface area contributed by atoms with Gasteiger partial charge in [0, 0.05) is 80.5 Å². The Balaban J connectivity index is 0.971. The molecule has 288 valence electrons. The second-order valence-corrected chi connectivity index (χ2v) is 16.6. The first-order valence-electron chi connectivity index (χ1n) is 19.5. The minimum absolute atomic E-state index is 0.0231. The zero-order valence-corrected chi connectivity index (χ0v) is 31.4. The molecule has 0 N–H and O–H groups in total. The first kappa shape index (κ1) is 35.4. The van der Waals surface area contributed by atoms with Gasteiger partial charge in [0.1, 0.15) is 35.3 Å². The average molecular weight is 772 g/mol. The lowest BCUT2D eigenvalue weighted by Gasteiger charge is -2.55. The lowest BCUT2D eigenvalue weighted by molar-refractivity contribution is -0.164. The molecule has 0 aliphatic carbocycles. The van der Waals surface area contributed by atoms with E-state index < -0.39 is 23.1 Å². The van der Waals surface area contributed by atoms with Gasteiger partial charge >= 0.3 is 6.01 Å². The smallest absolute Gasteiger partial charge is 0.319 e. The van der Waals surface area contributed by atoms with Crippen LogP contribution in [0.25, 0.3) is 32.9 Å². The summed E-state index contributed by atoms with van der Waals surface area (Å²) >= 11 is 6.67. The predicted molar refractivity (Wildman–Crippen MR) is 205 cm³/mol. The molecule has 8 heterocycles. The Labute approximate surface area is 323 Å². The fourth-order valence-electron chi connectivity index (χ4n) is 9.98. The molecule has 0 saturated carbocycles. The van der Waals surface area contributed by atoms with Gasteiger partial charge in [-0.3, -0.25) is 19.6 Å². The summed E-state index contributed by atoms with van der Waals surface area (Å²) in [6.45, 7) is 5.97. The fourth-order valence-corrected chi connectivity index (χ4v) is 10.3. The molecule has 10 rings (SSSR count). The van der Waals surface area contributed by atoms with Gasteiger partial charge in [-0.05, 0) is 43.7 Å². The molecule has 4 aromatic rings. The minimum Gasteiger partial charge on any atom is -0.461 e. The zero-order chi connectivity index (χ0) is 37.3. The van der Waals surface area contributed by atoms with Gasteiger partial charge in [-0.2, -0.15) is 9.97 Å². The van der Waals surface area contributed by atoms with Crippen molar-refractivity contribution in [2.45, 2.75) is 61.6 Å². The van der Waals surface area contributed by atoms with E-state index >= 15 is 4.39 Å². The number of pyridine rings is 1. The standard InChI is InChI=1S/C41H44ClF2N7O4/c42-32-8-2-6-26-5-1-7-30(34(26)32)36-35(44)37-31(18-45-36)38(47-39(46-37)54-25-40-12-4-14-50(40)19-27(43)17-40)49-15-16-51(41(22-49)23-53-24-41)33(52)9-3-13-48-20-28-10-11-29(21-48)55-28/h1-3,5-9,18,27-29H,4,10-17,19-25H2/b9-3+/t27-,28?,29?,40+/m1/s1. The van der Waals surface area contributed by atoms with Crippen molar-refractivity contribution in [3.63, 3.8) is 0 Å². The van der Waals surface area contributed by atoms with E-state index in [0.29, 0.717) is 91.7 Å². The van der Waals surface area contributed by atoms with Crippen LogP contribution in [-0.2, 0) is 14.3 Å². The van der Waals surface area contributed by atoms with Crippen LogP contribution < -0.4 is 9.64 Å². The molecule has 14 heteroatoms. The van der Waals surface area contributed by atoms with Crippen LogP contribution >= 0.6 is 11.6 Å². The third-order valence-corrected chi connectivity index (χ3v) is 13.0. The number of fused-ring (bicyclic) bond motifs is 5. The highest BCUT2D eigenvalue weighted by atomic mass is 35.5. The molecule has 6 saturated heterocycles.